The highest BCUT2D eigenvalue weighted by Crippen LogP contribution is 2.25. The van der Waals surface area contributed by atoms with Crippen molar-refractivity contribution < 1.29 is 17.9 Å². The van der Waals surface area contributed by atoms with Crippen LogP contribution in [-0.2, 0) is 20.0 Å². The average molecular weight is 368 g/mol. The summed E-state index contributed by atoms with van der Waals surface area (Å²) in [5.41, 5.74) is 0.735. The van der Waals surface area contributed by atoms with Crippen LogP contribution in [0.3, 0.4) is 0 Å². The van der Waals surface area contributed by atoms with Crippen LogP contribution in [0.25, 0.3) is 0 Å². The molecule has 1 aromatic rings. The quantitative estimate of drug-likeness (QED) is 0.785. The standard InChI is InChI=1S/C19H29NO4S/c1-18(2,3)15-7-9-16(10-8-15)24-12-5-6-17(21)20-19(4)11-13-25(22,23)14-19/h7-10H,5-6,11-14H2,1-4H3,(H,20,21). The molecule has 1 N–H and O–H groups in total. The zero-order valence-electron chi connectivity index (χ0n) is 15.6. The molecule has 1 atom stereocenters. The van der Waals surface area contributed by atoms with Crippen molar-refractivity contribution in [2.75, 3.05) is 18.1 Å². The molecule has 1 aromatic carbocycles. The fraction of sp³-hybridized carbons (Fsp3) is 0.632. The van der Waals surface area contributed by atoms with E-state index >= 15 is 0 Å². The number of benzene rings is 1. The predicted molar refractivity (Wildman–Crippen MR) is 99.7 cm³/mol. The Morgan fingerprint density at radius 3 is 2.40 bits per heavy atom. The highest BCUT2D eigenvalue weighted by atomic mass is 32.2. The summed E-state index contributed by atoms with van der Waals surface area (Å²) in [7, 11) is -3.01. The topological polar surface area (TPSA) is 72.5 Å². The number of hydrogen-bond donors (Lipinski definition) is 1. The van der Waals surface area contributed by atoms with Gasteiger partial charge in [-0.2, -0.15) is 0 Å². The molecule has 0 radical (unpaired) electrons. The Morgan fingerprint density at radius 2 is 1.88 bits per heavy atom. The van der Waals surface area contributed by atoms with Gasteiger partial charge in [0.1, 0.15) is 5.75 Å². The van der Waals surface area contributed by atoms with Gasteiger partial charge >= 0.3 is 0 Å². The first-order valence-corrected chi connectivity index (χ1v) is 10.6. The Morgan fingerprint density at radius 1 is 1.24 bits per heavy atom. The van der Waals surface area contributed by atoms with Crippen LogP contribution in [0.2, 0.25) is 0 Å². The van der Waals surface area contributed by atoms with Crippen LogP contribution in [0.4, 0.5) is 0 Å². The van der Waals surface area contributed by atoms with Crippen molar-refractivity contribution in [3.63, 3.8) is 0 Å². The maximum atomic E-state index is 12.0. The third kappa shape index (κ3) is 6.03. The monoisotopic (exact) mass is 367 g/mol. The number of carbonyl (C=O) groups excluding carboxylic acids is 1. The SMILES string of the molecule is CC1(NC(=O)CCCOc2ccc(C(C)(C)C)cc2)CCS(=O)(=O)C1. The van der Waals surface area contributed by atoms with E-state index in [1.807, 2.05) is 12.1 Å². The number of nitrogens with one attached hydrogen (secondary N) is 1. The minimum atomic E-state index is -3.01. The number of ether oxygens (including phenoxy) is 1. The minimum absolute atomic E-state index is 0.0301. The fourth-order valence-electron chi connectivity index (χ4n) is 2.98. The third-order valence-corrected chi connectivity index (χ3v) is 6.38. The van der Waals surface area contributed by atoms with Crippen LogP contribution in [0.5, 0.6) is 5.75 Å². The Balaban J connectivity index is 1.71. The zero-order chi connectivity index (χ0) is 18.7. The molecule has 6 heteroatoms. The van der Waals surface area contributed by atoms with Gasteiger partial charge in [-0.15, -0.1) is 0 Å². The van der Waals surface area contributed by atoms with Gasteiger partial charge in [-0.3, -0.25) is 4.79 Å². The number of sulfone groups is 1. The molecule has 0 aliphatic carbocycles. The van der Waals surface area contributed by atoms with E-state index in [9.17, 15) is 13.2 Å². The first-order chi connectivity index (χ1) is 11.5. The van der Waals surface area contributed by atoms with Gasteiger partial charge in [0, 0.05) is 6.42 Å². The van der Waals surface area contributed by atoms with E-state index in [4.69, 9.17) is 4.74 Å². The van der Waals surface area contributed by atoms with E-state index in [1.54, 1.807) is 6.92 Å². The third-order valence-electron chi connectivity index (χ3n) is 4.48. The van der Waals surface area contributed by atoms with Crippen LogP contribution in [-0.4, -0.2) is 38.0 Å². The molecule has 0 spiro atoms. The lowest BCUT2D eigenvalue weighted by atomic mass is 9.87. The summed E-state index contributed by atoms with van der Waals surface area (Å²) < 4.78 is 28.8. The van der Waals surface area contributed by atoms with Crippen molar-refractivity contribution in [2.45, 2.75) is 57.9 Å². The van der Waals surface area contributed by atoms with Crippen LogP contribution >= 0.6 is 0 Å². The van der Waals surface area contributed by atoms with E-state index < -0.39 is 15.4 Å². The molecule has 5 nitrogen and oxygen atoms in total. The summed E-state index contributed by atoms with van der Waals surface area (Å²) in [6, 6.07) is 8.02. The maximum absolute atomic E-state index is 12.0. The minimum Gasteiger partial charge on any atom is -0.494 e. The van der Waals surface area contributed by atoms with Crippen molar-refractivity contribution in [2.24, 2.45) is 0 Å². The molecule has 1 amide bonds. The summed E-state index contributed by atoms with van der Waals surface area (Å²) in [4.78, 5) is 12.0. The van der Waals surface area contributed by atoms with Gasteiger partial charge in [0.05, 0.1) is 23.7 Å². The number of carbonyl (C=O) groups is 1. The summed E-state index contributed by atoms with van der Waals surface area (Å²) in [6.45, 7) is 8.74. The first-order valence-electron chi connectivity index (χ1n) is 8.74. The smallest absolute Gasteiger partial charge is 0.220 e. The molecule has 0 saturated carbocycles. The van der Waals surface area contributed by atoms with Gasteiger partial charge < -0.3 is 10.1 Å². The predicted octanol–water partition coefficient (Wildman–Crippen LogP) is 2.84. The van der Waals surface area contributed by atoms with Gasteiger partial charge in [-0.1, -0.05) is 32.9 Å². The van der Waals surface area contributed by atoms with Crippen LogP contribution in [0.15, 0.2) is 24.3 Å². The lowest BCUT2D eigenvalue weighted by molar-refractivity contribution is -0.122. The number of rotatable bonds is 6. The van der Waals surface area contributed by atoms with Crippen LogP contribution in [0, 0.1) is 0 Å². The molecule has 1 fully saturated rings. The lowest BCUT2D eigenvalue weighted by Gasteiger charge is -2.23. The average Bonchev–Trinajstić information content (AvgIpc) is 2.76. The van der Waals surface area contributed by atoms with E-state index in [1.165, 1.54) is 5.56 Å². The summed E-state index contributed by atoms with van der Waals surface area (Å²) in [5, 5.41) is 2.86. The maximum Gasteiger partial charge on any atom is 0.220 e. The Bertz CT molecular complexity index is 704. The second-order valence-electron chi connectivity index (χ2n) is 8.18. The van der Waals surface area contributed by atoms with Crippen molar-refractivity contribution in [1.82, 2.24) is 5.32 Å². The second-order valence-corrected chi connectivity index (χ2v) is 10.4. The highest BCUT2D eigenvalue weighted by Gasteiger charge is 2.39. The molecule has 1 aliphatic heterocycles. The van der Waals surface area contributed by atoms with Crippen LogP contribution < -0.4 is 10.1 Å². The molecule has 1 saturated heterocycles. The molecule has 1 aliphatic rings. The molecular weight excluding hydrogens is 338 g/mol. The van der Waals surface area contributed by atoms with Gasteiger partial charge in [-0.25, -0.2) is 8.42 Å². The highest BCUT2D eigenvalue weighted by molar-refractivity contribution is 7.91. The van der Waals surface area contributed by atoms with Crippen molar-refractivity contribution in [1.29, 1.82) is 0 Å². The van der Waals surface area contributed by atoms with Crippen molar-refractivity contribution >= 4 is 15.7 Å². The molecule has 140 valence electrons. The Kier molecular flexibility index (Phi) is 5.82. The normalized spacial score (nSPS) is 22.6. The first kappa shape index (κ1) is 19.8. The molecule has 1 heterocycles. The van der Waals surface area contributed by atoms with E-state index in [0.29, 0.717) is 25.9 Å². The van der Waals surface area contributed by atoms with Crippen LogP contribution in [0.1, 0.15) is 52.5 Å². The fourth-order valence-corrected chi connectivity index (χ4v) is 5.08. The lowest BCUT2D eigenvalue weighted by Crippen LogP contribution is -2.46. The Labute approximate surface area is 151 Å². The summed E-state index contributed by atoms with van der Waals surface area (Å²) in [5.74, 6) is 0.855. The van der Waals surface area contributed by atoms with E-state index in [-0.39, 0.29) is 22.8 Å². The Hall–Kier alpha value is -1.56. The van der Waals surface area contributed by atoms with E-state index in [0.717, 1.165) is 5.75 Å². The number of hydrogen-bond acceptors (Lipinski definition) is 4. The van der Waals surface area contributed by atoms with Gasteiger partial charge in [-0.05, 0) is 42.9 Å². The number of amides is 1. The second kappa shape index (κ2) is 7.36. The van der Waals surface area contributed by atoms with Crippen molar-refractivity contribution in [3.05, 3.63) is 29.8 Å². The largest absolute Gasteiger partial charge is 0.494 e. The molecule has 25 heavy (non-hydrogen) atoms. The molecular formula is C19H29NO4S. The van der Waals surface area contributed by atoms with Gasteiger partial charge in [0.25, 0.3) is 0 Å². The molecule has 2 rings (SSSR count). The van der Waals surface area contributed by atoms with E-state index in [2.05, 4.69) is 38.2 Å². The van der Waals surface area contributed by atoms with Gasteiger partial charge in [0.2, 0.25) is 5.91 Å². The van der Waals surface area contributed by atoms with Gasteiger partial charge in [0.15, 0.2) is 9.84 Å². The van der Waals surface area contributed by atoms with Crippen molar-refractivity contribution in [3.8, 4) is 5.75 Å². The molecule has 0 aromatic heterocycles. The summed E-state index contributed by atoms with van der Waals surface area (Å²) >= 11 is 0. The summed E-state index contributed by atoms with van der Waals surface area (Å²) in [6.07, 6.45) is 1.41. The molecule has 0 bridgehead atoms. The molecule has 1 unspecified atom stereocenters. The zero-order valence-corrected chi connectivity index (χ0v) is 16.4.